The van der Waals surface area contributed by atoms with Crippen LogP contribution in [0.3, 0.4) is 0 Å². The summed E-state index contributed by atoms with van der Waals surface area (Å²) >= 11 is 0. The van der Waals surface area contributed by atoms with Crippen LogP contribution in [0.4, 0.5) is 0 Å². The summed E-state index contributed by atoms with van der Waals surface area (Å²) in [6.07, 6.45) is 0. The molecule has 0 heterocycles. The van der Waals surface area contributed by atoms with Crippen molar-refractivity contribution in [3.05, 3.63) is 59.7 Å². The van der Waals surface area contributed by atoms with Crippen LogP contribution in [-0.4, -0.2) is 13.7 Å². The lowest BCUT2D eigenvalue weighted by atomic mass is 10.2. The summed E-state index contributed by atoms with van der Waals surface area (Å²) in [5, 5.41) is 3.32. The van der Waals surface area contributed by atoms with E-state index in [2.05, 4.69) is 18.3 Å². The van der Waals surface area contributed by atoms with Crippen molar-refractivity contribution in [2.24, 2.45) is 0 Å². The summed E-state index contributed by atoms with van der Waals surface area (Å²) in [4.78, 5) is 0. The highest BCUT2D eigenvalue weighted by atomic mass is 16.5. The van der Waals surface area contributed by atoms with Gasteiger partial charge in [-0.2, -0.15) is 0 Å². The largest absolute Gasteiger partial charge is 0.496 e. The first-order valence-electron chi connectivity index (χ1n) is 6.88. The molecule has 0 saturated heterocycles. The van der Waals surface area contributed by atoms with Gasteiger partial charge in [0, 0.05) is 17.7 Å². The van der Waals surface area contributed by atoms with E-state index in [4.69, 9.17) is 9.47 Å². The van der Waals surface area contributed by atoms with Crippen LogP contribution in [-0.2, 0) is 13.2 Å². The second-order valence-corrected chi connectivity index (χ2v) is 4.49. The van der Waals surface area contributed by atoms with Crippen LogP contribution < -0.4 is 14.8 Å². The van der Waals surface area contributed by atoms with Gasteiger partial charge in [0.25, 0.3) is 0 Å². The van der Waals surface area contributed by atoms with E-state index in [0.29, 0.717) is 6.61 Å². The van der Waals surface area contributed by atoms with Gasteiger partial charge in [0.05, 0.1) is 7.11 Å². The highest BCUT2D eigenvalue weighted by Crippen LogP contribution is 2.22. The number of methoxy groups -OCH3 is 1. The van der Waals surface area contributed by atoms with Gasteiger partial charge in [0.2, 0.25) is 0 Å². The number of hydrogen-bond acceptors (Lipinski definition) is 3. The summed E-state index contributed by atoms with van der Waals surface area (Å²) in [5.41, 5.74) is 2.22. The van der Waals surface area contributed by atoms with Crippen molar-refractivity contribution < 1.29 is 9.47 Å². The molecule has 106 valence electrons. The van der Waals surface area contributed by atoms with Crippen LogP contribution in [0.25, 0.3) is 0 Å². The van der Waals surface area contributed by atoms with Crippen LogP contribution in [0.15, 0.2) is 48.5 Å². The highest BCUT2D eigenvalue weighted by Gasteiger charge is 2.05. The summed E-state index contributed by atoms with van der Waals surface area (Å²) in [6, 6.07) is 16.0. The number of ether oxygens (including phenoxy) is 2. The zero-order chi connectivity index (χ0) is 14.2. The molecular weight excluding hydrogens is 250 g/mol. The molecular formula is C17H21NO2. The SMILES string of the molecule is CCNCc1ccccc1OCc1ccccc1OC. The Morgan fingerprint density at radius 2 is 1.55 bits per heavy atom. The molecule has 2 rings (SSSR count). The van der Waals surface area contributed by atoms with Crippen LogP contribution in [0.1, 0.15) is 18.1 Å². The molecule has 0 aliphatic carbocycles. The number of para-hydroxylation sites is 2. The molecule has 3 nitrogen and oxygen atoms in total. The summed E-state index contributed by atoms with van der Waals surface area (Å²) in [6.45, 7) is 4.37. The van der Waals surface area contributed by atoms with Crippen LogP contribution in [0, 0.1) is 0 Å². The first-order chi connectivity index (χ1) is 9.85. The molecule has 0 aromatic heterocycles. The average Bonchev–Trinajstić information content (AvgIpc) is 2.52. The van der Waals surface area contributed by atoms with E-state index < -0.39 is 0 Å². The topological polar surface area (TPSA) is 30.5 Å². The van der Waals surface area contributed by atoms with Crippen molar-refractivity contribution in [1.82, 2.24) is 5.32 Å². The predicted molar refractivity (Wildman–Crippen MR) is 81.1 cm³/mol. The Bertz CT molecular complexity index is 540. The fourth-order valence-electron chi connectivity index (χ4n) is 2.03. The molecule has 2 aromatic carbocycles. The Balaban J connectivity index is 2.06. The van der Waals surface area contributed by atoms with E-state index in [-0.39, 0.29) is 0 Å². The molecule has 0 unspecified atom stereocenters. The molecule has 0 aliphatic rings. The maximum Gasteiger partial charge on any atom is 0.125 e. The molecule has 0 fully saturated rings. The van der Waals surface area contributed by atoms with E-state index in [0.717, 1.165) is 30.2 Å². The second kappa shape index (κ2) is 7.56. The maximum absolute atomic E-state index is 5.94. The first-order valence-corrected chi connectivity index (χ1v) is 6.88. The van der Waals surface area contributed by atoms with Gasteiger partial charge in [-0.1, -0.05) is 43.3 Å². The highest BCUT2D eigenvalue weighted by molar-refractivity contribution is 5.36. The lowest BCUT2D eigenvalue weighted by Crippen LogP contribution is -2.12. The number of rotatable bonds is 7. The Kier molecular flexibility index (Phi) is 5.44. The Morgan fingerprint density at radius 1 is 0.900 bits per heavy atom. The van der Waals surface area contributed by atoms with Crippen molar-refractivity contribution in [3.8, 4) is 11.5 Å². The smallest absolute Gasteiger partial charge is 0.125 e. The van der Waals surface area contributed by atoms with Crippen LogP contribution in [0.5, 0.6) is 11.5 Å². The molecule has 0 saturated carbocycles. The van der Waals surface area contributed by atoms with Gasteiger partial charge in [-0.25, -0.2) is 0 Å². The molecule has 0 aliphatic heterocycles. The Morgan fingerprint density at radius 3 is 2.25 bits per heavy atom. The number of hydrogen-bond donors (Lipinski definition) is 1. The molecule has 0 atom stereocenters. The third kappa shape index (κ3) is 3.75. The molecule has 0 radical (unpaired) electrons. The van der Waals surface area contributed by atoms with E-state index in [1.165, 1.54) is 5.56 Å². The average molecular weight is 271 g/mol. The van der Waals surface area contributed by atoms with Crippen molar-refractivity contribution in [3.63, 3.8) is 0 Å². The van der Waals surface area contributed by atoms with Crippen molar-refractivity contribution in [2.75, 3.05) is 13.7 Å². The van der Waals surface area contributed by atoms with E-state index >= 15 is 0 Å². The zero-order valence-electron chi connectivity index (χ0n) is 12.1. The molecule has 1 N–H and O–H groups in total. The fraction of sp³-hybridized carbons (Fsp3) is 0.294. The molecule has 0 spiro atoms. The quantitative estimate of drug-likeness (QED) is 0.837. The van der Waals surface area contributed by atoms with Gasteiger partial charge < -0.3 is 14.8 Å². The summed E-state index contributed by atoms with van der Waals surface area (Å²) in [7, 11) is 1.68. The van der Waals surface area contributed by atoms with Gasteiger partial charge >= 0.3 is 0 Å². The van der Waals surface area contributed by atoms with E-state index in [1.54, 1.807) is 7.11 Å². The van der Waals surface area contributed by atoms with Crippen LogP contribution >= 0.6 is 0 Å². The standard InChI is InChI=1S/C17H21NO2/c1-3-18-12-14-8-4-7-11-17(14)20-13-15-9-5-6-10-16(15)19-2/h4-11,18H,3,12-13H2,1-2H3. The van der Waals surface area contributed by atoms with Crippen molar-refractivity contribution >= 4 is 0 Å². The third-order valence-electron chi connectivity index (χ3n) is 3.11. The second-order valence-electron chi connectivity index (χ2n) is 4.49. The molecule has 20 heavy (non-hydrogen) atoms. The molecule has 0 amide bonds. The minimum absolute atomic E-state index is 0.507. The minimum atomic E-state index is 0.507. The first kappa shape index (κ1) is 14.4. The van der Waals surface area contributed by atoms with Gasteiger partial charge in [-0.15, -0.1) is 0 Å². The Hall–Kier alpha value is -2.00. The monoisotopic (exact) mass is 271 g/mol. The van der Waals surface area contributed by atoms with E-state index in [9.17, 15) is 0 Å². The summed E-state index contributed by atoms with van der Waals surface area (Å²) < 4.78 is 11.3. The third-order valence-corrected chi connectivity index (χ3v) is 3.11. The lowest BCUT2D eigenvalue weighted by molar-refractivity contribution is 0.293. The minimum Gasteiger partial charge on any atom is -0.496 e. The molecule has 2 aromatic rings. The van der Waals surface area contributed by atoms with Gasteiger partial charge in [0.15, 0.2) is 0 Å². The number of benzene rings is 2. The molecule has 0 bridgehead atoms. The number of nitrogens with one attached hydrogen (secondary N) is 1. The molecule has 3 heteroatoms. The fourth-order valence-corrected chi connectivity index (χ4v) is 2.03. The van der Waals surface area contributed by atoms with Gasteiger partial charge in [-0.05, 0) is 18.7 Å². The predicted octanol–water partition coefficient (Wildman–Crippen LogP) is 3.38. The zero-order valence-corrected chi connectivity index (χ0v) is 12.1. The lowest BCUT2D eigenvalue weighted by Gasteiger charge is -2.13. The van der Waals surface area contributed by atoms with Gasteiger partial charge in [0.1, 0.15) is 18.1 Å². The summed E-state index contributed by atoms with van der Waals surface area (Å²) in [5.74, 6) is 1.77. The van der Waals surface area contributed by atoms with Gasteiger partial charge in [-0.3, -0.25) is 0 Å². The maximum atomic E-state index is 5.94. The van der Waals surface area contributed by atoms with Crippen LogP contribution in [0.2, 0.25) is 0 Å². The normalized spacial score (nSPS) is 10.3. The van der Waals surface area contributed by atoms with E-state index in [1.807, 2.05) is 42.5 Å². The van der Waals surface area contributed by atoms with Crippen molar-refractivity contribution in [2.45, 2.75) is 20.1 Å². The van der Waals surface area contributed by atoms with Crippen molar-refractivity contribution in [1.29, 1.82) is 0 Å². The Labute approximate surface area is 120 Å².